The number of rotatable bonds is 39. The van der Waals surface area contributed by atoms with Gasteiger partial charge in [0.05, 0.1) is 69.6 Å². The summed E-state index contributed by atoms with van der Waals surface area (Å²) in [6.07, 6.45) is 2.84. The van der Waals surface area contributed by atoms with E-state index in [1.807, 2.05) is 6.26 Å². The Kier molecular flexibility index (Phi) is 36.1. The third-order valence-corrected chi connectivity index (χ3v) is 13.6. The van der Waals surface area contributed by atoms with Crippen molar-refractivity contribution < 1.29 is 77.8 Å². The Labute approximate surface area is 503 Å². The standard InChI is InChI=1S/C54H79N11O16S3/c1-84-28-14-43(45(66)12-13-46(67)61-44(53(77)78)7-2-3-15-57-54(83)60-41-10-8-40(9-11-41)59-37-82)62-52(76)39-6-4-5-38(29-39)31-58-48(69)36-81-27-26-80-25-24-79-23-17-56-47(68)30-42-32-65(35-51(74)75)22-21-64(34-50(72)73)20-19-63(18-16-55-42)33-49(70)71/h4-6,8-11,29,42-44,55H,2-3,7,12-28,30-36H2,1H3,(H,56,68)(H,58,69)(H,61,67)(H,62,76)(H,70,71)(H,72,73)(H,74,75)(H,77,78)(H2,57,60,83)/t42?,43-,44-/m0/s1. The monoisotopic (exact) mass is 1230 g/mol. The van der Waals surface area contributed by atoms with E-state index in [0.29, 0.717) is 61.0 Å². The number of carboxylic acid groups (broad SMARTS) is 4. The second-order valence-electron chi connectivity index (χ2n) is 19.3. The molecule has 30 heteroatoms. The number of carboxylic acids is 4. The van der Waals surface area contributed by atoms with Crippen LogP contribution in [0, 0.1) is 0 Å². The van der Waals surface area contributed by atoms with Gasteiger partial charge in [-0.1, -0.05) is 12.1 Å². The van der Waals surface area contributed by atoms with Crippen molar-refractivity contribution in [2.45, 2.75) is 69.6 Å². The van der Waals surface area contributed by atoms with Crippen LogP contribution in [0.15, 0.2) is 53.5 Å². The summed E-state index contributed by atoms with van der Waals surface area (Å²) in [5, 5.41) is 60.9. The Bertz CT molecular complexity index is 2490. The van der Waals surface area contributed by atoms with Gasteiger partial charge in [0, 0.05) is 102 Å². The normalized spacial score (nSPS) is 15.1. The van der Waals surface area contributed by atoms with E-state index in [0.717, 1.165) is 5.69 Å². The van der Waals surface area contributed by atoms with E-state index in [9.17, 15) is 63.6 Å². The highest BCUT2D eigenvalue weighted by atomic mass is 32.2. The van der Waals surface area contributed by atoms with E-state index in [-0.39, 0.29) is 148 Å². The number of anilines is 1. The van der Waals surface area contributed by atoms with Crippen molar-refractivity contribution in [1.29, 1.82) is 0 Å². The molecular formula is C54H79N11O16S3. The lowest BCUT2D eigenvalue weighted by Crippen LogP contribution is -2.51. The number of nitrogens with one attached hydrogen (secondary N) is 7. The van der Waals surface area contributed by atoms with Crippen LogP contribution in [-0.4, -0.2) is 247 Å². The van der Waals surface area contributed by atoms with Crippen LogP contribution in [0.5, 0.6) is 0 Å². The number of carbonyl (C=O) groups excluding carboxylic acids is 5. The molecule has 1 heterocycles. The zero-order chi connectivity index (χ0) is 61.5. The Morgan fingerprint density at radius 2 is 1.36 bits per heavy atom. The molecule has 3 rings (SSSR count). The minimum Gasteiger partial charge on any atom is -0.480 e. The zero-order valence-electron chi connectivity index (χ0n) is 47.1. The lowest BCUT2D eigenvalue weighted by atomic mass is 10.0. The lowest BCUT2D eigenvalue weighted by Gasteiger charge is -2.32. The molecule has 2 aromatic rings. The highest BCUT2D eigenvalue weighted by Crippen LogP contribution is 2.16. The first-order chi connectivity index (χ1) is 40.3. The van der Waals surface area contributed by atoms with E-state index >= 15 is 0 Å². The van der Waals surface area contributed by atoms with Gasteiger partial charge in [0.25, 0.3) is 5.91 Å². The maximum absolute atomic E-state index is 13.4. The number of unbranched alkanes of at least 4 members (excludes halogenated alkanes) is 1. The van der Waals surface area contributed by atoms with Crippen molar-refractivity contribution >= 4 is 111 Å². The predicted molar refractivity (Wildman–Crippen MR) is 320 cm³/mol. The van der Waals surface area contributed by atoms with Gasteiger partial charge in [0.1, 0.15) is 12.6 Å². The highest BCUT2D eigenvalue weighted by Gasteiger charge is 2.26. The van der Waals surface area contributed by atoms with Crippen LogP contribution in [0.1, 0.15) is 60.9 Å². The molecule has 84 heavy (non-hydrogen) atoms. The molecule has 1 aliphatic heterocycles. The molecule has 11 N–H and O–H groups in total. The van der Waals surface area contributed by atoms with Crippen LogP contribution in [0.25, 0.3) is 0 Å². The number of aliphatic imine (C=N–C) groups is 1. The van der Waals surface area contributed by atoms with Gasteiger partial charge < -0.3 is 71.9 Å². The Morgan fingerprint density at radius 3 is 2.01 bits per heavy atom. The number of hydrogen-bond acceptors (Lipinski definition) is 20. The average Bonchev–Trinajstić information content (AvgIpc) is 3.59. The number of aliphatic carboxylic acids is 4. The SMILES string of the molecule is CSCC[C@H](NC(=O)c1cccc(CNC(=O)COCCOCCOCCNC(=O)CC2CN(CC(=O)O)CCN(CC(=O)O)CCN(CC(=O)O)CCN2)c1)C(=O)CCC(=O)N[C@@H](CCCCNC(=S)Nc1ccc(N=C=S)cc1)C(=O)O. The summed E-state index contributed by atoms with van der Waals surface area (Å²) >= 11 is 11.4. The summed E-state index contributed by atoms with van der Waals surface area (Å²) in [5.74, 6) is -6.08. The molecule has 0 aromatic heterocycles. The van der Waals surface area contributed by atoms with Crippen molar-refractivity contribution in [3.05, 3.63) is 59.7 Å². The number of hydrogen-bond donors (Lipinski definition) is 11. The van der Waals surface area contributed by atoms with E-state index < -0.39 is 59.7 Å². The smallest absolute Gasteiger partial charge is 0.326 e. The Morgan fingerprint density at radius 1 is 0.714 bits per heavy atom. The summed E-state index contributed by atoms with van der Waals surface area (Å²) in [7, 11) is 0. The number of isothiocyanates is 1. The third-order valence-electron chi connectivity index (χ3n) is 12.6. The number of thioether (sulfide) groups is 1. The van der Waals surface area contributed by atoms with Crippen LogP contribution in [0.2, 0.25) is 0 Å². The second kappa shape index (κ2) is 42.3. The molecule has 464 valence electrons. The molecule has 1 unspecified atom stereocenters. The molecule has 1 aliphatic rings. The minimum absolute atomic E-state index is 0.0104. The van der Waals surface area contributed by atoms with Gasteiger partial charge >= 0.3 is 23.9 Å². The van der Waals surface area contributed by atoms with Crippen molar-refractivity contribution in [3.63, 3.8) is 0 Å². The molecule has 3 atom stereocenters. The van der Waals surface area contributed by atoms with Crippen LogP contribution < -0.4 is 37.2 Å². The molecular weight excluding hydrogens is 1150 g/mol. The summed E-state index contributed by atoms with van der Waals surface area (Å²) in [6, 6.07) is 11.0. The van der Waals surface area contributed by atoms with E-state index in [1.165, 1.54) is 11.8 Å². The number of ether oxygens (including phenoxy) is 3. The third kappa shape index (κ3) is 33.1. The summed E-state index contributed by atoms with van der Waals surface area (Å²) in [6.45, 7) is 2.26. The van der Waals surface area contributed by atoms with E-state index in [4.69, 9.17) is 26.4 Å². The first-order valence-electron chi connectivity index (χ1n) is 27.3. The summed E-state index contributed by atoms with van der Waals surface area (Å²) in [4.78, 5) is 120. The largest absolute Gasteiger partial charge is 0.480 e. The maximum atomic E-state index is 13.4. The van der Waals surface area contributed by atoms with Gasteiger partial charge in [-0.3, -0.25) is 53.1 Å². The lowest BCUT2D eigenvalue weighted by molar-refractivity contribution is -0.142. The molecule has 27 nitrogen and oxygen atoms in total. The molecule has 0 saturated carbocycles. The van der Waals surface area contributed by atoms with Gasteiger partial charge in [-0.2, -0.15) is 16.8 Å². The van der Waals surface area contributed by atoms with Crippen LogP contribution in [0.3, 0.4) is 0 Å². The quantitative estimate of drug-likeness (QED) is 0.0249. The van der Waals surface area contributed by atoms with Gasteiger partial charge in [-0.05, 0) is 104 Å². The first kappa shape index (κ1) is 71.7. The van der Waals surface area contributed by atoms with Crippen LogP contribution in [-0.2, 0) is 59.1 Å². The fraction of sp³-hybridized carbons (Fsp3) is 0.574. The number of amides is 4. The van der Waals surface area contributed by atoms with Gasteiger partial charge in [-0.25, -0.2) is 4.79 Å². The second-order valence-corrected chi connectivity index (χ2v) is 20.9. The molecule has 4 amide bonds. The topological polar surface area (TPSA) is 369 Å². The summed E-state index contributed by atoms with van der Waals surface area (Å²) in [5.41, 5.74) is 2.25. The fourth-order valence-corrected chi connectivity index (χ4v) is 9.14. The maximum Gasteiger partial charge on any atom is 0.326 e. The molecule has 0 aliphatic carbocycles. The Balaban J connectivity index is 1.30. The van der Waals surface area contributed by atoms with Crippen molar-refractivity contribution in [2.75, 3.05) is 136 Å². The highest BCUT2D eigenvalue weighted by molar-refractivity contribution is 7.98. The van der Waals surface area contributed by atoms with E-state index in [1.54, 1.807) is 63.2 Å². The molecule has 1 saturated heterocycles. The minimum atomic E-state index is -1.20. The van der Waals surface area contributed by atoms with Crippen molar-refractivity contribution in [2.24, 2.45) is 4.99 Å². The molecule has 0 radical (unpaired) electrons. The Hall–Kier alpha value is -6.57. The number of benzene rings is 2. The van der Waals surface area contributed by atoms with Crippen LogP contribution in [0.4, 0.5) is 11.4 Å². The van der Waals surface area contributed by atoms with Gasteiger partial charge in [0.2, 0.25) is 17.7 Å². The fourth-order valence-electron chi connectivity index (χ4n) is 8.34. The van der Waals surface area contributed by atoms with E-state index in [2.05, 4.69) is 59.6 Å². The van der Waals surface area contributed by atoms with Crippen molar-refractivity contribution in [1.82, 2.24) is 46.6 Å². The molecule has 1 fully saturated rings. The average molecular weight is 1230 g/mol. The van der Waals surface area contributed by atoms with Crippen LogP contribution >= 0.6 is 36.2 Å². The van der Waals surface area contributed by atoms with Gasteiger partial charge in [0.15, 0.2) is 10.9 Å². The molecule has 0 bridgehead atoms. The van der Waals surface area contributed by atoms with Gasteiger partial charge in [-0.15, -0.1) is 0 Å². The number of thiocarbonyl (C=S) groups is 2. The molecule has 2 aromatic carbocycles. The summed E-state index contributed by atoms with van der Waals surface area (Å²) < 4.78 is 16.5. The number of carbonyl (C=O) groups is 9. The predicted octanol–water partition coefficient (Wildman–Crippen LogP) is 0.652. The zero-order valence-corrected chi connectivity index (χ0v) is 49.6. The number of ketones is 1. The number of Topliss-reactive ketones (excluding diaryl/α,β-unsaturated/α-hetero) is 1. The molecule has 0 spiro atoms. The first-order valence-corrected chi connectivity index (χ1v) is 29.5. The number of nitrogens with zero attached hydrogens (tertiary/aromatic N) is 4. The van der Waals surface area contributed by atoms with Crippen molar-refractivity contribution in [3.8, 4) is 0 Å².